The van der Waals surface area contributed by atoms with Gasteiger partial charge in [0, 0.05) is 17.3 Å². The highest BCUT2D eigenvalue weighted by Crippen LogP contribution is 2.10. The van der Waals surface area contributed by atoms with E-state index in [1.165, 1.54) is 0 Å². The van der Waals surface area contributed by atoms with Crippen LogP contribution >= 0.6 is 11.6 Å². The molecule has 6 heteroatoms. The van der Waals surface area contributed by atoms with Crippen molar-refractivity contribution in [3.63, 3.8) is 0 Å². The Morgan fingerprint density at radius 3 is 2.41 bits per heavy atom. The van der Waals surface area contributed by atoms with E-state index in [1.807, 2.05) is 12.1 Å². The lowest BCUT2D eigenvalue weighted by Crippen LogP contribution is -2.40. The number of nitrogens with one attached hydrogen (secondary N) is 2. The molecule has 0 saturated heterocycles. The second-order valence-electron chi connectivity index (χ2n) is 4.67. The third-order valence-electron chi connectivity index (χ3n) is 3.04. The zero-order valence-electron chi connectivity index (χ0n) is 11.8. The van der Waals surface area contributed by atoms with E-state index in [-0.39, 0.29) is 5.56 Å². The SMILES string of the molecule is Nc1ccccc1C(=O)NC(=O)NCCc1ccc(Cl)cc1. The van der Waals surface area contributed by atoms with Crippen LogP contribution in [0.2, 0.25) is 5.02 Å². The molecule has 0 aliphatic carbocycles. The summed E-state index contributed by atoms with van der Waals surface area (Å²) in [6.45, 7) is 0.408. The van der Waals surface area contributed by atoms with Crippen LogP contribution < -0.4 is 16.4 Å². The molecule has 0 spiro atoms. The molecule has 0 radical (unpaired) electrons. The topological polar surface area (TPSA) is 84.2 Å². The molecule has 0 aliphatic heterocycles. The van der Waals surface area contributed by atoms with Crippen LogP contribution in [0.3, 0.4) is 0 Å². The van der Waals surface area contributed by atoms with Gasteiger partial charge in [-0.3, -0.25) is 10.1 Å². The number of halogens is 1. The lowest BCUT2D eigenvalue weighted by molar-refractivity contribution is 0.0965. The van der Waals surface area contributed by atoms with Crippen LogP contribution in [0.15, 0.2) is 48.5 Å². The standard InChI is InChI=1S/C16H16ClN3O2/c17-12-7-5-11(6-8-12)9-10-19-16(22)20-15(21)13-3-1-2-4-14(13)18/h1-8H,9-10,18H2,(H2,19,20,21,22). The zero-order chi connectivity index (χ0) is 15.9. The van der Waals surface area contributed by atoms with Crippen molar-refractivity contribution in [1.82, 2.24) is 10.6 Å². The number of nitrogen functional groups attached to an aromatic ring is 1. The molecule has 22 heavy (non-hydrogen) atoms. The number of nitrogens with two attached hydrogens (primary N) is 1. The van der Waals surface area contributed by atoms with Gasteiger partial charge in [0.15, 0.2) is 0 Å². The molecule has 0 atom stereocenters. The predicted octanol–water partition coefficient (Wildman–Crippen LogP) is 2.60. The smallest absolute Gasteiger partial charge is 0.321 e. The average Bonchev–Trinajstić information content (AvgIpc) is 2.49. The van der Waals surface area contributed by atoms with Gasteiger partial charge in [-0.15, -0.1) is 0 Å². The van der Waals surface area contributed by atoms with Crippen LogP contribution in [-0.2, 0) is 6.42 Å². The third-order valence-corrected chi connectivity index (χ3v) is 3.30. The summed E-state index contributed by atoms with van der Waals surface area (Å²) in [5, 5.41) is 5.53. The molecule has 0 bridgehead atoms. The molecule has 0 aliphatic rings. The van der Waals surface area contributed by atoms with Gasteiger partial charge in [-0.25, -0.2) is 4.79 Å². The molecule has 2 rings (SSSR count). The number of hydrogen-bond donors (Lipinski definition) is 3. The quantitative estimate of drug-likeness (QED) is 0.758. The summed E-state index contributed by atoms with van der Waals surface area (Å²) >= 11 is 5.80. The van der Waals surface area contributed by atoms with Gasteiger partial charge in [0.25, 0.3) is 5.91 Å². The zero-order valence-corrected chi connectivity index (χ0v) is 12.6. The van der Waals surface area contributed by atoms with Crippen LogP contribution in [0.5, 0.6) is 0 Å². The largest absolute Gasteiger partial charge is 0.398 e. The number of benzene rings is 2. The highest BCUT2D eigenvalue weighted by Gasteiger charge is 2.11. The Morgan fingerprint density at radius 1 is 1.05 bits per heavy atom. The molecular formula is C16H16ClN3O2. The van der Waals surface area contributed by atoms with E-state index in [9.17, 15) is 9.59 Å². The second kappa shape index (κ2) is 7.47. The fourth-order valence-corrected chi connectivity index (χ4v) is 2.02. The first kappa shape index (κ1) is 15.9. The minimum atomic E-state index is -0.554. The number of carbonyl (C=O) groups is 2. The van der Waals surface area contributed by atoms with Crippen LogP contribution in [0, 0.1) is 0 Å². The summed E-state index contributed by atoms with van der Waals surface area (Å²) in [5.41, 5.74) is 7.33. The van der Waals surface area contributed by atoms with Gasteiger partial charge in [0.2, 0.25) is 0 Å². The maximum Gasteiger partial charge on any atom is 0.321 e. The second-order valence-corrected chi connectivity index (χ2v) is 5.11. The van der Waals surface area contributed by atoms with Crippen molar-refractivity contribution in [2.24, 2.45) is 0 Å². The number of rotatable bonds is 4. The number of para-hydroxylation sites is 1. The first-order chi connectivity index (χ1) is 10.6. The van der Waals surface area contributed by atoms with Gasteiger partial charge >= 0.3 is 6.03 Å². The molecule has 0 saturated carbocycles. The lowest BCUT2D eigenvalue weighted by Gasteiger charge is -2.08. The van der Waals surface area contributed by atoms with Crippen LogP contribution in [0.4, 0.5) is 10.5 Å². The number of anilines is 1. The third kappa shape index (κ3) is 4.49. The first-order valence-electron chi connectivity index (χ1n) is 6.74. The summed E-state index contributed by atoms with van der Waals surface area (Å²) < 4.78 is 0. The van der Waals surface area contributed by atoms with Gasteiger partial charge in [0.1, 0.15) is 0 Å². The fourth-order valence-electron chi connectivity index (χ4n) is 1.89. The van der Waals surface area contributed by atoms with E-state index in [0.29, 0.717) is 23.7 Å². The Kier molecular flexibility index (Phi) is 5.38. The van der Waals surface area contributed by atoms with Crippen molar-refractivity contribution < 1.29 is 9.59 Å². The van der Waals surface area contributed by atoms with Crippen LogP contribution in [0.1, 0.15) is 15.9 Å². The highest BCUT2D eigenvalue weighted by molar-refractivity contribution is 6.30. The van der Waals surface area contributed by atoms with Crippen molar-refractivity contribution in [3.8, 4) is 0 Å². The Hall–Kier alpha value is -2.53. The summed E-state index contributed by atoms with van der Waals surface area (Å²) in [4.78, 5) is 23.6. The molecule has 2 aromatic carbocycles. The summed E-state index contributed by atoms with van der Waals surface area (Å²) in [5.74, 6) is -0.526. The molecule has 0 heterocycles. The van der Waals surface area contributed by atoms with Crippen molar-refractivity contribution in [2.75, 3.05) is 12.3 Å². The Labute approximate surface area is 133 Å². The predicted molar refractivity (Wildman–Crippen MR) is 86.9 cm³/mol. The number of carbonyl (C=O) groups excluding carboxylic acids is 2. The molecule has 5 nitrogen and oxygen atoms in total. The molecule has 0 fully saturated rings. The number of hydrogen-bond acceptors (Lipinski definition) is 3. The van der Waals surface area contributed by atoms with Crippen molar-refractivity contribution in [3.05, 3.63) is 64.7 Å². The minimum Gasteiger partial charge on any atom is -0.398 e. The maximum absolute atomic E-state index is 11.9. The lowest BCUT2D eigenvalue weighted by atomic mass is 10.1. The molecule has 114 valence electrons. The summed E-state index contributed by atoms with van der Waals surface area (Å²) in [6, 6.07) is 13.4. The van der Waals surface area contributed by atoms with E-state index in [2.05, 4.69) is 10.6 Å². The van der Waals surface area contributed by atoms with E-state index >= 15 is 0 Å². The monoisotopic (exact) mass is 317 g/mol. The number of amides is 3. The first-order valence-corrected chi connectivity index (χ1v) is 7.12. The number of urea groups is 1. The molecule has 4 N–H and O–H groups in total. The maximum atomic E-state index is 11.9. The molecule has 0 unspecified atom stereocenters. The van der Waals surface area contributed by atoms with Gasteiger partial charge < -0.3 is 11.1 Å². The Balaban J connectivity index is 1.79. The van der Waals surface area contributed by atoms with E-state index in [4.69, 9.17) is 17.3 Å². The molecular weight excluding hydrogens is 302 g/mol. The highest BCUT2D eigenvalue weighted by atomic mass is 35.5. The van der Waals surface area contributed by atoms with Gasteiger partial charge in [-0.1, -0.05) is 35.9 Å². The summed E-state index contributed by atoms with van der Waals surface area (Å²) in [6.07, 6.45) is 0.645. The Morgan fingerprint density at radius 2 is 1.73 bits per heavy atom. The summed E-state index contributed by atoms with van der Waals surface area (Å²) in [7, 11) is 0. The minimum absolute atomic E-state index is 0.273. The molecule has 0 aromatic heterocycles. The number of imide groups is 1. The molecule has 2 aromatic rings. The van der Waals surface area contributed by atoms with Crippen LogP contribution in [0.25, 0.3) is 0 Å². The molecule has 3 amide bonds. The van der Waals surface area contributed by atoms with Gasteiger partial charge in [0.05, 0.1) is 5.56 Å². The Bertz CT molecular complexity index is 671. The van der Waals surface area contributed by atoms with Crippen LogP contribution in [-0.4, -0.2) is 18.5 Å². The van der Waals surface area contributed by atoms with E-state index in [0.717, 1.165) is 5.56 Å². The van der Waals surface area contributed by atoms with Gasteiger partial charge in [-0.05, 0) is 36.2 Å². The van der Waals surface area contributed by atoms with E-state index in [1.54, 1.807) is 36.4 Å². The fraction of sp³-hybridized carbons (Fsp3) is 0.125. The normalized spacial score (nSPS) is 10.0. The van der Waals surface area contributed by atoms with E-state index < -0.39 is 11.9 Å². The van der Waals surface area contributed by atoms with Crippen molar-refractivity contribution in [2.45, 2.75) is 6.42 Å². The van der Waals surface area contributed by atoms with Gasteiger partial charge in [-0.2, -0.15) is 0 Å². The average molecular weight is 318 g/mol. The van der Waals surface area contributed by atoms with Crippen molar-refractivity contribution in [1.29, 1.82) is 0 Å². The van der Waals surface area contributed by atoms with Crippen molar-refractivity contribution >= 4 is 29.2 Å².